The highest BCUT2D eigenvalue weighted by atomic mass is 19.1. The molecule has 0 spiro atoms. The van der Waals surface area contributed by atoms with Crippen LogP contribution < -0.4 is 10.2 Å². The van der Waals surface area contributed by atoms with Gasteiger partial charge in [-0.2, -0.15) is 0 Å². The number of anilines is 1. The number of ether oxygens (including phenoxy) is 1. The van der Waals surface area contributed by atoms with E-state index in [0.717, 1.165) is 35.7 Å². The van der Waals surface area contributed by atoms with E-state index in [1.165, 1.54) is 12.1 Å². The van der Waals surface area contributed by atoms with Crippen LogP contribution in [0.1, 0.15) is 48.0 Å². The summed E-state index contributed by atoms with van der Waals surface area (Å²) in [5.74, 6) is 0.384. The zero-order valence-electron chi connectivity index (χ0n) is 17.0. The number of amides is 1. The van der Waals surface area contributed by atoms with Crippen molar-refractivity contribution in [3.63, 3.8) is 0 Å². The molecule has 5 nitrogen and oxygen atoms in total. The van der Waals surface area contributed by atoms with Gasteiger partial charge < -0.3 is 15.0 Å². The fourth-order valence-corrected chi connectivity index (χ4v) is 3.36. The number of halogens is 1. The van der Waals surface area contributed by atoms with Gasteiger partial charge in [0, 0.05) is 25.0 Å². The molecule has 1 aromatic carbocycles. The lowest BCUT2D eigenvalue weighted by molar-refractivity contribution is 0.0947. The molecule has 1 amide bonds. The first-order chi connectivity index (χ1) is 13.3. The fourth-order valence-electron chi connectivity index (χ4n) is 3.36. The SMILES string of the molecule is Cc1cc(N2CCOCC2)nc(C(C)(C)C)c1C(=O)NCc1cccc(F)c1. The lowest BCUT2D eigenvalue weighted by Crippen LogP contribution is -2.38. The molecule has 0 unspecified atom stereocenters. The predicted octanol–water partition coefficient (Wildman–Crippen LogP) is 3.59. The van der Waals surface area contributed by atoms with Crippen molar-refractivity contribution in [3.8, 4) is 0 Å². The van der Waals surface area contributed by atoms with Crippen LogP contribution in [0.15, 0.2) is 30.3 Å². The molecule has 0 aliphatic carbocycles. The number of carbonyl (C=O) groups excluding carboxylic acids is 1. The molecule has 1 saturated heterocycles. The van der Waals surface area contributed by atoms with Crippen LogP contribution in [0.25, 0.3) is 0 Å². The van der Waals surface area contributed by atoms with Crippen LogP contribution in [0, 0.1) is 12.7 Å². The Labute approximate surface area is 165 Å². The third-order valence-electron chi connectivity index (χ3n) is 4.82. The highest BCUT2D eigenvalue weighted by molar-refractivity contribution is 5.97. The molecule has 0 bridgehead atoms. The predicted molar refractivity (Wildman–Crippen MR) is 108 cm³/mol. The summed E-state index contributed by atoms with van der Waals surface area (Å²) in [5.41, 5.74) is 2.68. The minimum absolute atomic E-state index is 0.187. The molecule has 1 aliphatic heterocycles. The molecule has 1 fully saturated rings. The molecule has 3 rings (SSSR count). The van der Waals surface area contributed by atoms with E-state index in [2.05, 4.69) is 31.0 Å². The fraction of sp³-hybridized carbons (Fsp3) is 0.455. The Morgan fingerprint density at radius 1 is 1.25 bits per heavy atom. The van der Waals surface area contributed by atoms with Crippen LogP contribution in [0.3, 0.4) is 0 Å². The van der Waals surface area contributed by atoms with Crippen LogP contribution in [0.5, 0.6) is 0 Å². The lowest BCUT2D eigenvalue weighted by Gasteiger charge is -2.31. The molecule has 2 heterocycles. The van der Waals surface area contributed by atoms with Crippen LogP contribution in [0.4, 0.5) is 10.2 Å². The Morgan fingerprint density at radius 3 is 2.61 bits per heavy atom. The van der Waals surface area contributed by atoms with Gasteiger partial charge in [-0.15, -0.1) is 0 Å². The molecule has 0 saturated carbocycles. The molecule has 1 aliphatic rings. The smallest absolute Gasteiger partial charge is 0.253 e. The van der Waals surface area contributed by atoms with Crippen molar-refractivity contribution in [2.24, 2.45) is 0 Å². The number of hydrogen-bond donors (Lipinski definition) is 1. The summed E-state index contributed by atoms with van der Waals surface area (Å²) in [6.07, 6.45) is 0. The number of nitrogens with zero attached hydrogens (tertiary/aromatic N) is 2. The summed E-state index contributed by atoms with van der Waals surface area (Å²) in [7, 11) is 0. The number of rotatable bonds is 4. The summed E-state index contributed by atoms with van der Waals surface area (Å²) in [4.78, 5) is 20.1. The third-order valence-corrected chi connectivity index (χ3v) is 4.82. The maximum absolute atomic E-state index is 13.4. The van der Waals surface area contributed by atoms with Gasteiger partial charge in [0.2, 0.25) is 0 Å². The number of morpholine rings is 1. The molecule has 150 valence electrons. The quantitative estimate of drug-likeness (QED) is 0.874. The van der Waals surface area contributed by atoms with Crippen molar-refractivity contribution in [3.05, 3.63) is 58.5 Å². The topological polar surface area (TPSA) is 54.5 Å². The van der Waals surface area contributed by atoms with Crippen molar-refractivity contribution >= 4 is 11.7 Å². The Kier molecular flexibility index (Phi) is 5.98. The van der Waals surface area contributed by atoms with Gasteiger partial charge in [-0.3, -0.25) is 4.79 Å². The van der Waals surface area contributed by atoms with Gasteiger partial charge in [0.1, 0.15) is 11.6 Å². The molecule has 1 N–H and O–H groups in total. The first-order valence-corrected chi connectivity index (χ1v) is 9.63. The normalized spacial score (nSPS) is 14.8. The molecule has 0 atom stereocenters. The summed E-state index contributed by atoms with van der Waals surface area (Å²) >= 11 is 0. The number of hydrogen-bond acceptors (Lipinski definition) is 4. The molecule has 28 heavy (non-hydrogen) atoms. The van der Waals surface area contributed by atoms with Crippen LogP contribution in [0.2, 0.25) is 0 Å². The number of nitrogens with one attached hydrogen (secondary N) is 1. The van der Waals surface area contributed by atoms with E-state index in [4.69, 9.17) is 9.72 Å². The highest BCUT2D eigenvalue weighted by Crippen LogP contribution is 2.29. The Morgan fingerprint density at radius 2 is 1.96 bits per heavy atom. The van der Waals surface area contributed by atoms with E-state index in [1.807, 2.05) is 13.0 Å². The second-order valence-corrected chi connectivity index (χ2v) is 8.18. The average Bonchev–Trinajstić information content (AvgIpc) is 2.65. The zero-order chi connectivity index (χ0) is 20.3. The minimum Gasteiger partial charge on any atom is -0.378 e. The third kappa shape index (κ3) is 4.68. The highest BCUT2D eigenvalue weighted by Gasteiger charge is 2.27. The maximum atomic E-state index is 13.4. The van der Waals surface area contributed by atoms with E-state index in [-0.39, 0.29) is 23.7 Å². The van der Waals surface area contributed by atoms with E-state index in [1.54, 1.807) is 12.1 Å². The monoisotopic (exact) mass is 385 g/mol. The number of carbonyl (C=O) groups is 1. The van der Waals surface area contributed by atoms with E-state index in [9.17, 15) is 9.18 Å². The van der Waals surface area contributed by atoms with Gasteiger partial charge in [-0.05, 0) is 36.2 Å². The van der Waals surface area contributed by atoms with Gasteiger partial charge in [-0.1, -0.05) is 32.9 Å². The lowest BCUT2D eigenvalue weighted by atomic mass is 9.86. The van der Waals surface area contributed by atoms with Gasteiger partial charge in [0.15, 0.2) is 0 Å². The number of pyridine rings is 1. The van der Waals surface area contributed by atoms with Crippen molar-refractivity contribution in [1.29, 1.82) is 0 Å². The van der Waals surface area contributed by atoms with Crippen molar-refractivity contribution in [1.82, 2.24) is 10.3 Å². The first kappa shape index (κ1) is 20.3. The summed E-state index contributed by atoms with van der Waals surface area (Å²) < 4.78 is 18.8. The molecular weight excluding hydrogens is 357 g/mol. The Hall–Kier alpha value is -2.47. The molecule has 0 radical (unpaired) electrons. The second kappa shape index (κ2) is 8.27. The minimum atomic E-state index is -0.310. The van der Waals surface area contributed by atoms with E-state index < -0.39 is 0 Å². The first-order valence-electron chi connectivity index (χ1n) is 9.63. The van der Waals surface area contributed by atoms with Crippen LogP contribution in [-0.4, -0.2) is 37.2 Å². The molecule has 1 aromatic heterocycles. The van der Waals surface area contributed by atoms with Crippen molar-refractivity contribution in [2.45, 2.75) is 39.7 Å². The van der Waals surface area contributed by atoms with Crippen LogP contribution >= 0.6 is 0 Å². The number of aromatic nitrogens is 1. The maximum Gasteiger partial charge on any atom is 0.253 e. The molecule has 2 aromatic rings. The number of benzene rings is 1. The van der Waals surface area contributed by atoms with E-state index >= 15 is 0 Å². The van der Waals surface area contributed by atoms with Crippen molar-refractivity contribution in [2.75, 3.05) is 31.2 Å². The van der Waals surface area contributed by atoms with Gasteiger partial charge >= 0.3 is 0 Å². The van der Waals surface area contributed by atoms with Crippen molar-refractivity contribution < 1.29 is 13.9 Å². The van der Waals surface area contributed by atoms with Gasteiger partial charge in [0.25, 0.3) is 5.91 Å². The Bertz CT molecular complexity index is 855. The summed E-state index contributed by atoms with van der Waals surface area (Å²) in [5, 5.41) is 2.92. The summed E-state index contributed by atoms with van der Waals surface area (Å²) in [6.45, 7) is 11.3. The van der Waals surface area contributed by atoms with E-state index in [0.29, 0.717) is 18.8 Å². The second-order valence-electron chi connectivity index (χ2n) is 8.18. The standard InChI is InChI=1S/C22H28FN3O2/c1-15-12-18(26-8-10-28-11-9-26)25-20(22(2,3)4)19(15)21(27)24-14-16-6-5-7-17(23)13-16/h5-7,12-13H,8-11,14H2,1-4H3,(H,24,27). The van der Waals surface area contributed by atoms with Gasteiger partial charge in [-0.25, -0.2) is 9.37 Å². The number of aryl methyl sites for hydroxylation is 1. The largest absolute Gasteiger partial charge is 0.378 e. The summed E-state index contributed by atoms with van der Waals surface area (Å²) in [6, 6.07) is 8.22. The van der Waals surface area contributed by atoms with Gasteiger partial charge in [0.05, 0.1) is 24.5 Å². The molecular formula is C22H28FN3O2. The molecule has 6 heteroatoms. The zero-order valence-corrected chi connectivity index (χ0v) is 17.0. The average molecular weight is 385 g/mol. The Balaban J connectivity index is 1.89. The van der Waals surface area contributed by atoms with Crippen LogP contribution in [-0.2, 0) is 16.7 Å².